The first-order valence-corrected chi connectivity index (χ1v) is 7.55. The Morgan fingerprint density at radius 2 is 2.22 bits per heavy atom. The maximum atomic E-state index is 4.67. The van der Waals surface area contributed by atoms with E-state index in [1.165, 1.54) is 23.3 Å². The Balaban J connectivity index is 1.87. The van der Waals surface area contributed by atoms with Crippen molar-refractivity contribution in [3.63, 3.8) is 0 Å². The van der Waals surface area contributed by atoms with Crippen LogP contribution < -0.4 is 5.32 Å². The van der Waals surface area contributed by atoms with Gasteiger partial charge in [0.1, 0.15) is 0 Å². The molecule has 0 unspecified atom stereocenters. The summed E-state index contributed by atoms with van der Waals surface area (Å²) in [5, 5.41) is 4.61. The summed E-state index contributed by atoms with van der Waals surface area (Å²) in [6.45, 7) is 7.48. The molecule has 0 spiro atoms. The van der Waals surface area contributed by atoms with Gasteiger partial charge in [0, 0.05) is 17.8 Å². The standard InChI is InChI=1S/C15H22N2S/c1-12-5-4-6-13(11-12)7-9-16-14-17-15(2,3)8-10-18-14/h4-6,11H,7-10H2,1-3H3,(H,16,17). The highest BCUT2D eigenvalue weighted by Crippen LogP contribution is 2.21. The van der Waals surface area contributed by atoms with Crippen LogP contribution in [0.2, 0.25) is 0 Å². The minimum absolute atomic E-state index is 0.202. The molecule has 0 bridgehead atoms. The number of amidine groups is 1. The second-order valence-electron chi connectivity index (χ2n) is 5.53. The maximum Gasteiger partial charge on any atom is 0.156 e. The van der Waals surface area contributed by atoms with Crippen molar-refractivity contribution in [2.75, 3.05) is 12.3 Å². The number of benzene rings is 1. The first-order chi connectivity index (χ1) is 8.55. The summed E-state index contributed by atoms with van der Waals surface area (Å²) in [7, 11) is 0. The van der Waals surface area contributed by atoms with Crippen LogP contribution in [0.4, 0.5) is 0 Å². The van der Waals surface area contributed by atoms with Crippen molar-refractivity contribution in [2.45, 2.75) is 39.2 Å². The number of hydrogen-bond donors (Lipinski definition) is 1. The van der Waals surface area contributed by atoms with Crippen LogP contribution in [0.15, 0.2) is 29.3 Å². The van der Waals surface area contributed by atoms with Gasteiger partial charge in [-0.05, 0) is 39.2 Å². The first-order valence-electron chi connectivity index (χ1n) is 6.56. The minimum Gasteiger partial charge on any atom is -0.360 e. The lowest BCUT2D eigenvalue weighted by Gasteiger charge is -2.32. The van der Waals surface area contributed by atoms with E-state index in [1.54, 1.807) is 0 Å². The number of hydrogen-bond acceptors (Lipinski definition) is 2. The Morgan fingerprint density at radius 3 is 2.94 bits per heavy atom. The van der Waals surface area contributed by atoms with Gasteiger partial charge in [-0.2, -0.15) is 0 Å². The Morgan fingerprint density at radius 1 is 1.39 bits per heavy atom. The molecule has 0 aliphatic carbocycles. The van der Waals surface area contributed by atoms with Crippen molar-refractivity contribution in [1.82, 2.24) is 5.32 Å². The van der Waals surface area contributed by atoms with E-state index >= 15 is 0 Å². The van der Waals surface area contributed by atoms with Gasteiger partial charge in [0.2, 0.25) is 0 Å². The number of nitrogens with one attached hydrogen (secondary N) is 1. The summed E-state index contributed by atoms with van der Waals surface area (Å²) < 4.78 is 0. The summed E-state index contributed by atoms with van der Waals surface area (Å²) in [5.41, 5.74) is 2.90. The molecule has 1 heterocycles. The molecule has 1 aromatic carbocycles. The van der Waals surface area contributed by atoms with Gasteiger partial charge in [-0.15, -0.1) is 0 Å². The summed E-state index contributed by atoms with van der Waals surface area (Å²) >= 11 is 1.84. The van der Waals surface area contributed by atoms with Crippen molar-refractivity contribution < 1.29 is 0 Å². The SMILES string of the molecule is Cc1cccc(CCN=C2NC(C)(C)CCS2)c1. The van der Waals surface area contributed by atoms with Crippen LogP contribution >= 0.6 is 11.8 Å². The van der Waals surface area contributed by atoms with Gasteiger partial charge in [0.25, 0.3) is 0 Å². The Kier molecular flexibility index (Phi) is 4.33. The van der Waals surface area contributed by atoms with Crippen LogP contribution in [0.3, 0.4) is 0 Å². The van der Waals surface area contributed by atoms with Crippen LogP contribution in [0.1, 0.15) is 31.4 Å². The molecular weight excluding hydrogens is 240 g/mol. The normalized spacial score (nSPS) is 20.7. The van der Waals surface area contributed by atoms with E-state index in [4.69, 9.17) is 0 Å². The molecule has 3 heteroatoms. The molecule has 0 radical (unpaired) electrons. The van der Waals surface area contributed by atoms with Gasteiger partial charge in [0.15, 0.2) is 5.17 Å². The molecule has 0 atom stereocenters. The molecule has 98 valence electrons. The fourth-order valence-corrected chi connectivity index (χ4v) is 3.37. The van der Waals surface area contributed by atoms with Crippen LogP contribution in [0, 0.1) is 6.92 Å². The molecule has 1 N–H and O–H groups in total. The molecule has 0 aromatic heterocycles. The highest BCUT2D eigenvalue weighted by Gasteiger charge is 2.23. The third kappa shape index (κ3) is 4.05. The summed E-state index contributed by atoms with van der Waals surface area (Å²) in [5.74, 6) is 1.17. The zero-order valence-corrected chi connectivity index (χ0v) is 12.3. The molecule has 0 saturated carbocycles. The average Bonchev–Trinajstić information content (AvgIpc) is 2.28. The number of rotatable bonds is 3. The highest BCUT2D eigenvalue weighted by molar-refractivity contribution is 8.13. The third-order valence-corrected chi connectivity index (χ3v) is 4.06. The van der Waals surface area contributed by atoms with Gasteiger partial charge >= 0.3 is 0 Å². The zero-order chi connectivity index (χ0) is 13.0. The molecule has 1 aromatic rings. The molecule has 1 aliphatic rings. The molecule has 2 rings (SSSR count). The fraction of sp³-hybridized carbons (Fsp3) is 0.533. The smallest absolute Gasteiger partial charge is 0.156 e. The quantitative estimate of drug-likeness (QED) is 0.903. The lowest BCUT2D eigenvalue weighted by molar-refractivity contribution is 0.446. The Hall–Kier alpha value is -0.960. The van der Waals surface area contributed by atoms with Gasteiger partial charge in [-0.25, -0.2) is 0 Å². The zero-order valence-electron chi connectivity index (χ0n) is 11.5. The highest BCUT2D eigenvalue weighted by atomic mass is 32.2. The van der Waals surface area contributed by atoms with Crippen molar-refractivity contribution in [3.05, 3.63) is 35.4 Å². The lowest BCUT2D eigenvalue weighted by atomic mass is 10.0. The van der Waals surface area contributed by atoms with Crippen LogP contribution in [0.25, 0.3) is 0 Å². The van der Waals surface area contributed by atoms with Gasteiger partial charge in [-0.3, -0.25) is 4.99 Å². The predicted octanol–water partition coefficient (Wildman–Crippen LogP) is 3.40. The largest absolute Gasteiger partial charge is 0.360 e. The topological polar surface area (TPSA) is 24.4 Å². The summed E-state index contributed by atoms with van der Waals surface area (Å²) in [6, 6.07) is 8.68. The average molecular weight is 262 g/mol. The van der Waals surface area contributed by atoms with Gasteiger partial charge in [0.05, 0.1) is 0 Å². The van der Waals surface area contributed by atoms with E-state index < -0.39 is 0 Å². The van der Waals surface area contributed by atoms with E-state index in [0.717, 1.165) is 18.1 Å². The number of nitrogens with zero attached hydrogens (tertiary/aromatic N) is 1. The Labute approximate surface area is 114 Å². The second kappa shape index (κ2) is 5.79. The van der Waals surface area contributed by atoms with Crippen molar-refractivity contribution in [3.8, 4) is 0 Å². The monoisotopic (exact) mass is 262 g/mol. The summed E-state index contributed by atoms with van der Waals surface area (Å²) in [6.07, 6.45) is 2.22. The first kappa shape index (κ1) is 13.5. The van der Waals surface area contributed by atoms with Crippen molar-refractivity contribution in [2.24, 2.45) is 4.99 Å². The lowest BCUT2D eigenvalue weighted by Crippen LogP contribution is -2.46. The van der Waals surface area contributed by atoms with Crippen LogP contribution in [-0.4, -0.2) is 23.0 Å². The number of aliphatic imine (C=N–C) groups is 1. The second-order valence-corrected chi connectivity index (χ2v) is 6.62. The molecule has 1 aliphatic heterocycles. The molecule has 0 amide bonds. The van der Waals surface area contributed by atoms with Crippen LogP contribution in [-0.2, 0) is 6.42 Å². The van der Waals surface area contributed by atoms with E-state index in [0.29, 0.717) is 0 Å². The maximum absolute atomic E-state index is 4.67. The summed E-state index contributed by atoms with van der Waals surface area (Å²) in [4.78, 5) is 4.67. The fourth-order valence-electron chi connectivity index (χ4n) is 2.03. The molecule has 2 nitrogen and oxygen atoms in total. The Bertz CT molecular complexity index is 438. The molecule has 18 heavy (non-hydrogen) atoms. The number of thioether (sulfide) groups is 1. The number of aryl methyl sites for hydroxylation is 1. The van der Waals surface area contributed by atoms with E-state index in [2.05, 4.69) is 55.3 Å². The minimum atomic E-state index is 0.202. The van der Waals surface area contributed by atoms with Gasteiger partial charge in [-0.1, -0.05) is 41.6 Å². The van der Waals surface area contributed by atoms with Gasteiger partial charge < -0.3 is 5.32 Å². The van der Waals surface area contributed by atoms with E-state index in [-0.39, 0.29) is 5.54 Å². The predicted molar refractivity (Wildman–Crippen MR) is 81.5 cm³/mol. The molecule has 1 fully saturated rings. The van der Waals surface area contributed by atoms with E-state index in [9.17, 15) is 0 Å². The third-order valence-electron chi connectivity index (χ3n) is 3.15. The van der Waals surface area contributed by atoms with E-state index in [1.807, 2.05) is 11.8 Å². The molecule has 1 saturated heterocycles. The van der Waals surface area contributed by atoms with Crippen molar-refractivity contribution >= 4 is 16.9 Å². The van der Waals surface area contributed by atoms with Crippen molar-refractivity contribution in [1.29, 1.82) is 0 Å². The van der Waals surface area contributed by atoms with Crippen LogP contribution in [0.5, 0.6) is 0 Å². The molecular formula is C15H22N2S.